The third-order valence-electron chi connectivity index (χ3n) is 2.14. The third-order valence-corrected chi connectivity index (χ3v) is 3.60. The molecule has 2 rings (SSSR count). The molecule has 2 aromatic rings. The molecule has 0 radical (unpaired) electrons. The Kier molecular flexibility index (Phi) is 3.84. The summed E-state index contributed by atoms with van der Waals surface area (Å²) < 4.78 is 1.86. The van der Waals surface area contributed by atoms with Crippen LogP contribution in [-0.4, -0.2) is 33.8 Å². The number of amides is 1. The fourth-order valence-electron chi connectivity index (χ4n) is 1.35. The maximum atomic E-state index is 11.7. The Hall–Kier alpha value is -1.01. The Labute approximate surface area is 102 Å². The smallest absolute Gasteiger partial charge is 0.271 e. The predicted molar refractivity (Wildman–Crippen MR) is 68.4 cm³/mol. The van der Waals surface area contributed by atoms with E-state index >= 15 is 0 Å². The summed E-state index contributed by atoms with van der Waals surface area (Å²) in [6, 6.07) is 0. The normalized spacial score (nSPS) is 10.8. The largest absolute Gasteiger partial charge is 0.351 e. The molecule has 0 aromatic carbocycles. The highest BCUT2D eigenvalue weighted by atomic mass is 32.2. The molecule has 16 heavy (non-hydrogen) atoms. The second-order valence-electron chi connectivity index (χ2n) is 3.32. The molecule has 0 atom stereocenters. The lowest BCUT2D eigenvalue weighted by atomic mass is 10.4. The highest BCUT2D eigenvalue weighted by Crippen LogP contribution is 2.11. The number of nitrogens with zero attached hydrogens (tertiary/aromatic N) is 2. The van der Waals surface area contributed by atoms with E-state index in [2.05, 4.69) is 16.6 Å². The molecule has 0 aliphatic heterocycles. The van der Waals surface area contributed by atoms with Crippen LogP contribution in [0, 0.1) is 0 Å². The molecule has 0 saturated heterocycles. The van der Waals surface area contributed by atoms with Gasteiger partial charge in [0.05, 0.1) is 0 Å². The highest BCUT2D eigenvalue weighted by molar-refractivity contribution is 7.98. The molecule has 4 nitrogen and oxygen atoms in total. The van der Waals surface area contributed by atoms with E-state index in [4.69, 9.17) is 0 Å². The van der Waals surface area contributed by atoms with Gasteiger partial charge in [-0.3, -0.25) is 9.20 Å². The van der Waals surface area contributed by atoms with Crippen LogP contribution in [0.15, 0.2) is 17.8 Å². The van der Waals surface area contributed by atoms with Crippen molar-refractivity contribution in [1.82, 2.24) is 14.7 Å². The van der Waals surface area contributed by atoms with Crippen LogP contribution >= 0.6 is 23.1 Å². The van der Waals surface area contributed by atoms with Crippen molar-refractivity contribution in [2.24, 2.45) is 0 Å². The molecule has 0 spiro atoms. The number of aromatic nitrogens is 2. The molecular formula is C10H13N3OS2. The number of rotatable bonds is 5. The second-order valence-corrected chi connectivity index (χ2v) is 5.18. The van der Waals surface area contributed by atoms with Crippen LogP contribution in [0.25, 0.3) is 4.96 Å². The first-order chi connectivity index (χ1) is 7.81. The number of hydrogen-bond acceptors (Lipinski definition) is 4. The molecule has 1 amide bonds. The van der Waals surface area contributed by atoms with Gasteiger partial charge in [0.1, 0.15) is 5.69 Å². The molecule has 0 aliphatic rings. The van der Waals surface area contributed by atoms with Crippen molar-refractivity contribution in [2.45, 2.75) is 6.42 Å². The van der Waals surface area contributed by atoms with E-state index in [1.165, 1.54) is 11.3 Å². The minimum Gasteiger partial charge on any atom is -0.351 e. The molecule has 86 valence electrons. The maximum Gasteiger partial charge on any atom is 0.271 e. The molecule has 0 bridgehead atoms. The van der Waals surface area contributed by atoms with Crippen molar-refractivity contribution in [1.29, 1.82) is 0 Å². The zero-order valence-electron chi connectivity index (χ0n) is 8.97. The van der Waals surface area contributed by atoms with Gasteiger partial charge < -0.3 is 5.32 Å². The summed E-state index contributed by atoms with van der Waals surface area (Å²) >= 11 is 3.31. The molecule has 2 aromatic heterocycles. The summed E-state index contributed by atoms with van der Waals surface area (Å²) in [6.07, 6.45) is 6.72. The Morgan fingerprint density at radius 2 is 2.56 bits per heavy atom. The molecule has 0 aliphatic carbocycles. The minimum absolute atomic E-state index is 0.0861. The number of thioether (sulfide) groups is 1. The number of carbonyl (C=O) groups is 1. The van der Waals surface area contributed by atoms with Gasteiger partial charge >= 0.3 is 0 Å². The summed E-state index contributed by atoms with van der Waals surface area (Å²) in [6.45, 7) is 0.713. The Morgan fingerprint density at radius 3 is 3.31 bits per heavy atom. The van der Waals surface area contributed by atoms with E-state index in [0.717, 1.165) is 17.1 Å². The molecule has 1 N–H and O–H groups in total. The fraction of sp³-hybridized carbons (Fsp3) is 0.400. The van der Waals surface area contributed by atoms with Gasteiger partial charge in [-0.15, -0.1) is 11.3 Å². The Bertz CT molecular complexity index is 449. The molecule has 6 heteroatoms. The fourth-order valence-corrected chi connectivity index (χ4v) is 2.48. The van der Waals surface area contributed by atoms with Gasteiger partial charge in [-0.25, -0.2) is 4.98 Å². The minimum atomic E-state index is -0.0861. The summed E-state index contributed by atoms with van der Waals surface area (Å²) in [4.78, 5) is 16.8. The van der Waals surface area contributed by atoms with Gasteiger partial charge in [0, 0.05) is 24.3 Å². The van der Waals surface area contributed by atoms with Crippen LogP contribution in [0.4, 0.5) is 0 Å². The first-order valence-electron chi connectivity index (χ1n) is 5.00. The lowest BCUT2D eigenvalue weighted by molar-refractivity contribution is 0.0949. The number of fused-ring (bicyclic) bond motifs is 1. The van der Waals surface area contributed by atoms with E-state index in [1.54, 1.807) is 18.0 Å². The first-order valence-corrected chi connectivity index (χ1v) is 7.28. The molecule has 0 fully saturated rings. The van der Waals surface area contributed by atoms with Gasteiger partial charge in [0.2, 0.25) is 0 Å². The lowest BCUT2D eigenvalue weighted by Crippen LogP contribution is -2.25. The Balaban J connectivity index is 1.92. The van der Waals surface area contributed by atoms with Gasteiger partial charge in [-0.05, 0) is 18.4 Å². The monoisotopic (exact) mass is 255 g/mol. The molecule has 2 heterocycles. The van der Waals surface area contributed by atoms with E-state index in [0.29, 0.717) is 12.2 Å². The number of imidazole rings is 1. The highest BCUT2D eigenvalue weighted by Gasteiger charge is 2.10. The van der Waals surface area contributed by atoms with Crippen molar-refractivity contribution in [3.05, 3.63) is 23.5 Å². The van der Waals surface area contributed by atoms with Crippen LogP contribution < -0.4 is 5.32 Å². The number of carbonyl (C=O) groups excluding carboxylic acids is 1. The van der Waals surface area contributed by atoms with Crippen molar-refractivity contribution in [3.8, 4) is 0 Å². The number of nitrogens with one attached hydrogen (secondary N) is 1. The average Bonchev–Trinajstić information content (AvgIpc) is 2.83. The summed E-state index contributed by atoms with van der Waals surface area (Å²) in [5, 5.41) is 4.81. The van der Waals surface area contributed by atoms with E-state index < -0.39 is 0 Å². The van der Waals surface area contributed by atoms with Crippen LogP contribution in [0.3, 0.4) is 0 Å². The summed E-state index contributed by atoms with van der Waals surface area (Å²) in [5.74, 6) is 0.982. The van der Waals surface area contributed by atoms with Gasteiger partial charge in [0.15, 0.2) is 4.96 Å². The lowest BCUT2D eigenvalue weighted by Gasteiger charge is -2.01. The van der Waals surface area contributed by atoms with Crippen LogP contribution in [0.2, 0.25) is 0 Å². The number of hydrogen-bond donors (Lipinski definition) is 1. The van der Waals surface area contributed by atoms with E-state index in [9.17, 15) is 4.79 Å². The summed E-state index contributed by atoms with van der Waals surface area (Å²) in [5.41, 5.74) is 0.496. The number of thiazole rings is 1. The molecule has 0 saturated carbocycles. The summed E-state index contributed by atoms with van der Waals surface area (Å²) in [7, 11) is 0. The third kappa shape index (κ3) is 2.56. The topological polar surface area (TPSA) is 46.4 Å². The van der Waals surface area contributed by atoms with Gasteiger partial charge in [-0.1, -0.05) is 0 Å². The first kappa shape index (κ1) is 11.5. The zero-order valence-corrected chi connectivity index (χ0v) is 10.6. The second kappa shape index (κ2) is 5.36. The van der Waals surface area contributed by atoms with Crippen molar-refractivity contribution in [2.75, 3.05) is 18.6 Å². The van der Waals surface area contributed by atoms with Crippen molar-refractivity contribution >= 4 is 34.0 Å². The standard InChI is InChI=1S/C10H13N3OS2/c1-15-5-2-3-11-9(14)8-7-13-4-6-16-10(13)12-8/h4,6-7H,2-3,5H2,1H3,(H,11,14). The van der Waals surface area contributed by atoms with Crippen molar-refractivity contribution in [3.63, 3.8) is 0 Å². The molecule has 0 unspecified atom stereocenters. The van der Waals surface area contributed by atoms with Crippen LogP contribution in [-0.2, 0) is 0 Å². The van der Waals surface area contributed by atoms with E-state index in [-0.39, 0.29) is 5.91 Å². The molecular weight excluding hydrogens is 242 g/mol. The van der Waals surface area contributed by atoms with Gasteiger partial charge in [-0.2, -0.15) is 11.8 Å². The Morgan fingerprint density at radius 1 is 1.69 bits per heavy atom. The zero-order chi connectivity index (χ0) is 11.4. The van der Waals surface area contributed by atoms with Crippen LogP contribution in [0.5, 0.6) is 0 Å². The maximum absolute atomic E-state index is 11.7. The SMILES string of the molecule is CSCCCNC(=O)c1cn2ccsc2n1. The van der Waals surface area contributed by atoms with Gasteiger partial charge in [0.25, 0.3) is 5.91 Å². The van der Waals surface area contributed by atoms with Crippen molar-refractivity contribution < 1.29 is 4.79 Å². The van der Waals surface area contributed by atoms with E-state index in [1.807, 2.05) is 16.0 Å². The average molecular weight is 255 g/mol. The quantitative estimate of drug-likeness (QED) is 0.830. The van der Waals surface area contributed by atoms with Crippen LogP contribution in [0.1, 0.15) is 16.9 Å². The predicted octanol–water partition coefficient (Wildman–Crippen LogP) is 1.88.